The number of hydrogen-bond acceptors (Lipinski definition) is 6. The van der Waals surface area contributed by atoms with E-state index < -0.39 is 0 Å². The van der Waals surface area contributed by atoms with Crippen molar-refractivity contribution in [2.24, 2.45) is 0 Å². The molecule has 0 amide bonds. The molecule has 1 aromatic heterocycles. The Kier molecular flexibility index (Phi) is 5.81. The predicted molar refractivity (Wildman–Crippen MR) is 127 cm³/mol. The van der Waals surface area contributed by atoms with Gasteiger partial charge in [0.2, 0.25) is 0 Å². The smallest absolute Gasteiger partial charge is 0.149 e. The first-order chi connectivity index (χ1) is 15.6. The van der Waals surface area contributed by atoms with E-state index in [1.165, 1.54) is 12.0 Å². The minimum absolute atomic E-state index is 0.215. The van der Waals surface area contributed by atoms with Crippen LogP contribution in [0.25, 0.3) is 22.4 Å². The average molecular weight is 431 g/mol. The number of aromatic nitrogens is 2. The van der Waals surface area contributed by atoms with Crippen LogP contribution in [0.2, 0.25) is 0 Å². The summed E-state index contributed by atoms with van der Waals surface area (Å²) in [7, 11) is 0. The number of aryl methyl sites for hydroxylation is 2. The molecule has 1 atom stereocenters. The first-order valence-corrected chi connectivity index (χ1v) is 11.4. The number of piperidine rings is 1. The van der Waals surface area contributed by atoms with Gasteiger partial charge in [0.25, 0.3) is 0 Å². The van der Waals surface area contributed by atoms with E-state index in [-0.39, 0.29) is 5.75 Å². The number of ether oxygens (including phenoxy) is 1. The second kappa shape index (κ2) is 8.88. The zero-order valence-electron chi connectivity index (χ0n) is 18.7. The Labute approximate surface area is 189 Å². The Morgan fingerprint density at radius 2 is 1.78 bits per heavy atom. The number of nitrogens with one attached hydrogen (secondary N) is 1. The largest absolute Gasteiger partial charge is 0.507 e. The van der Waals surface area contributed by atoms with E-state index in [1.54, 1.807) is 6.07 Å². The third-order valence-electron chi connectivity index (χ3n) is 6.56. The number of nitrogens with zero attached hydrogens (tertiary/aromatic N) is 3. The van der Waals surface area contributed by atoms with Crippen LogP contribution in [0.1, 0.15) is 24.0 Å². The van der Waals surface area contributed by atoms with Gasteiger partial charge < -0.3 is 15.2 Å². The summed E-state index contributed by atoms with van der Waals surface area (Å²) in [6, 6.07) is 17.0. The van der Waals surface area contributed by atoms with Gasteiger partial charge in [-0.1, -0.05) is 35.9 Å². The van der Waals surface area contributed by atoms with Crippen LogP contribution in [0, 0.1) is 13.8 Å². The normalized spacial score (nSPS) is 19.5. The molecule has 2 N–H and O–H groups in total. The fourth-order valence-corrected chi connectivity index (χ4v) is 4.58. The highest BCUT2D eigenvalue weighted by Crippen LogP contribution is 2.34. The molecule has 2 aromatic carbocycles. The molecule has 0 bridgehead atoms. The number of likely N-dealkylation sites (tertiary alicyclic amines) is 1. The van der Waals surface area contributed by atoms with E-state index >= 15 is 0 Å². The summed E-state index contributed by atoms with van der Waals surface area (Å²) in [4.78, 5) is 2.52. The Morgan fingerprint density at radius 3 is 2.47 bits per heavy atom. The van der Waals surface area contributed by atoms with E-state index in [9.17, 15) is 5.11 Å². The van der Waals surface area contributed by atoms with Gasteiger partial charge in [0.1, 0.15) is 11.6 Å². The quantitative estimate of drug-likeness (QED) is 0.625. The summed E-state index contributed by atoms with van der Waals surface area (Å²) in [6.45, 7) is 7.95. The van der Waals surface area contributed by atoms with Crippen LogP contribution in [0.4, 0.5) is 5.82 Å². The van der Waals surface area contributed by atoms with Crippen molar-refractivity contribution >= 4 is 5.82 Å². The molecular formula is C26H30N4O2. The fourth-order valence-electron chi connectivity index (χ4n) is 4.58. The molecule has 32 heavy (non-hydrogen) atoms. The van der Waals surface area contributed by atoms with Crippen molar-refractivity contribution in [3.05, 3.63) is 59.7 Å². The lowest BCUT2D eigenvalue weighted by Crippen LogP contribution is -2.54. The number of rotatable bonds is 5. The van der Waals surface area contributed by atoms with E-state index in [4.69, 9.17) is 4.74 Å². The first kappa shape index (κ1) is 20.9. The number of anilines is 1. The molecule has 0 saturated carbocycles. The van der Waals surface area contributed by atoms with Gasteiger partial charge in [0.05, 0.1) is 24.9 Å². The molecule has 2 saturated heterocycles. The second-order valence-corrected chi connectivity index (χ2v) is 9.03. The summed E-state index contributed by atoms with van der Waals surface area (Å²) in [5, 5.41) is 23.2. The van der Waals surface area contributed by atoms with Gasteiger partial charge in [-0.25, -0.2) is 0 Å². The summed E-state index contributed by atoms with van der Waals surface area (Å²) >= 11 is 0. The second-order valence-electron chi connectivity index (χ2n) is 9.03. The zero-order chi connectivity index (χ0) is 22.1. The molecule has 2 fully saturated rings. The van der Waals surface area contributed by atoms with Crippen molar-refractivity contribution in [2.75, 3.05) is 31.6 Å². The summed E-state index contributed by atoms with van der Waals surface area (Å²) < 4.78 is 5.35. The SMILES string of the molecule is Cc1ccc(-c2ccc(-c3nnc(N[C@@H]4CCCN(C5COC5)C4)cc3C)c(O)c2)cc1. The maximum absolute atomic E-state index is 10.7. The van der Waals surface area contributed by atoms with Gasteiger partial charge in [-0.3, -0.25) is 4.90 Å². The molecule has 0 spiro atoms. The summed E-state index contributed by atoms with van der Waals surface area (Å²) in [6.07, 6.45) is 2.31. The van der Waals surface area contributed by atoms with Crippen LogP contribution in [0.15, 0.2) is 48.5 Å². The molecule has 0 unspecified atom stereocenters. The van der Waals surface area contributed by atoms with Crippen molar-refractivity contribution < 1.29 is 9.84 Å². The van der Waals surface area contributed by atoms with Gasteiger partial charge >= 0.3 is 0 Å². The highest BCUT2D eigenvalue weighted by atomic mass is 16.5. The van der Waals surface area contributed by atoms with Crippen LogP contribution < -0.4 is 5.32 Å². The monoisotopic (exact) mass is 430 g/mol. The van der Waals surface area contributed by atoms with Gasteiger partial charge in [-0.05, 0) is 68.1 Å². The maximum Gasteiger partial charge on any atom is 0.149 e. The fraction of sp³-hybridized carbons (Fsp3) is 0.385. The van der Waals surface area contributed by atoms with Crippen LogP contribution in [-0.2, 0) is 4.74 Å². The molecule has 6 heteroatoms. The molecule has 6 nitrogen and oxygen atoms in total. The van der Waals surface area contributed by atoms with Gasteiger partial charge in [0.15, 0.2) is 0 Å². The number of phenols is 1. The minimum atomic E-state index is 0.215. The van der Waals surface area contributed by atoms with Crippen LogP contribution in [0.3, 0.4) is 0 Å². The molecular weight excluding hydrogens is 400 g/mol. The third kappa shape index (κ3) is 4.33. The zero-order valence-corrected chi connectivity index (χ0v) is 18.7. The third-order valence-corrected chi connectivity index (χ3v) is 6.56. The highest BCUT2D eigenvalue weighted by molar-refractivity contribution is 5.76. The van der Waals surface area contributed by atoms with E-state index in [0.717, 1.165) is 55.2 Å². The van der Waals surface area contributed by atoms with Crippen molar-refractivity contribution in [1.29, 1.82) is 0 Å². The molecule has 5 rings (SSSR count). The van der Waals surface area contributed by atoms with Crippen molar-refractivity contribution in [3.8, 4) is 28.1 Å². The van der Waals surface area contributed by atoms with E-state index in [0.29, 0.717) is 23.3 Å². The van der Waals surface area contributed by atoms with Gasteiger partial charge in [-0.15, -0.1) is 10.2 Å². The molecule has 3 heterocycles. The van der Waals surface area contributed by atoms with Crippen molar-refractivity contribution in [3.63, 3.8) is 0 Å². The number of phenolic OH excluding ortho intramolecular Hbond substituents is 1. The van der Waals surface area contributed by atoms with Gasteiger partial charge in [0, 0.05) is 18.2 Å². The molecule has 0 aliphatic carbocycles. The standard InChI is InChI=1S/C26H30N4O2/c1-17-5-7-19(8-6-17)20-9-10-23(24(31)13-20)26-18(2)12-25(28-29-26)27-21-4-3-11-30(14-21)22-15-32-16-22/h5-10,12-13,21-22,31H,3-4,11,14-16H2,1-2H3,(H,27,28)/t21-/m1/s1. The van der Waals surface area contributed by atoms with Gasteiger partial charge in [-0.2, -0.15) is 0 Å². The minimum Gasteiger partial charge on any atom is -0.507 e. The number of hydrogen-bond donors (Lipinski definition) is 2. The van der Waals surface area contributed by atoms with E-state index in [1.807, 2.05) is 25.1 Å². The Morgan fingerprint density at radius 1 is 1.00 bits per heavy atom. The lowest BCUT2D eigenvalue weighted by molar-refractivity contribution is -0.0710. The Balaban J connectivity index is 1.31. The molecule has 166 valence electrons. The molecule has 2 aliphatic rings. The maximum atomic E-state index is 10.7. The average Bonchev–Trinajstić information content (AvgIpc) is 2.74. The Hall–Kier alpha value is -2.96. The summed E-state index contributed by atoms with van der Waals surface area (Å²) in [5.41, 5.74) is 5.67. The molecule has 2 aliphatic heterocycles. The predicted octanol–water partition coefficient (Wildman–Crippen LogP) is 4.41. The van der Waals surface area contributed by atoms with Crippen LogP contribution in [-0.4, -0.2) is 58.6 Å². The topological polar surface area (TPSA) is 70.5 Å². The van der Waals surface area contributed by atoms with Crippen molar-refractivity contribution in [2.45, 2.75) is 38.8 Å². The highest BCUT2D eigenvalue weighted by Gasteiger charge is 2.30. The van der Waals surface area contributed by atoms with E-state index in [2.05, 4.69) is 51.6 Å². The number of aromatic hydroxyl groups is 1. The number of benzene rings is 2. The molecule has 3 aromatic rings. The van der Waals surface area contributed by atoms with Crippen LogP contribution in [0.5, 0.6) is 5.75 Å². The lowest BCUT2D eigenvalue weighted by Gasteiger charge is -2.42. The summed E-state index contributed by atoms with van der Waals surface area (Å²) in [5.74, 6) is 1.01. The molecule has 0 radical (unpaired) electrons. The van der Waals surface area contributed by atoms with Crippen molar-refractivity contribution in [1.82, 2.24) is 15.1 Å². The van der Waals surface area contributed by atoms with Crippen LogP contribution >= 0.6 is 0 Å². The first-order valence-electron chi connectivity index (χ1n) is 11.4. The lowest BCUT2D eigenvalue weighted by atomic mass is 9.99. The Bertz CT molecular complexity index is 1100.